The van der Waals surface area contributed by atoms with Gasteiger partial charge < -0.3 is 20.1 Å². The van der Waals surface area contributed by atoms with Gasteiger partial charge in [0.05, 0.1) is 0 Å². The number of hydrogen-bond acceptors (Lipinski definition) is 4. The Labute approximate surface area is 130 Å². The zero-order valence-electron chi connectivity index (χ0n) is 12.8. The summed E-state index contributed by atoms with van der Waals surface area (Å²) in [6.07, 6.45) is 3.86. The van der Waals surface area contributed by atoms with Crippen LogP contribution in [0.25, 0.3) is 0 Å². The predicted molar refractivity (Wildman–Crippen MR) is 78.2 cm³/mol. The average molecular weight is 312 g/mol. The van der Waals surface area contributed by atoms with Crippen LogP contribution in [0.4, 0.5) is 0 Å². The fraction of sp³-hybridized carbons (Fsp3) is 0.800. The smallest absolute Gasteiger partial charge is 0.332 e. The first kappa shape index (κ1) is 16.7. The van der Waals surface area contributed by atoms with E-state index < -0.39 is 18.2 Å². The second-order valence-corrected chi connectivity index (χ2v) is 5.86. The fourth-order valence-corrected chi connectivity index (χ4v) is 2.90. The van der Waals surface area contributed by atoms with Crippen molar-refractivity contribution in [3.63, 3.8) is 0 Å². The summed E-state index contributed by atoms with van der Waals surface area (Å²) in [7, 11) is 0. The molecule has 0 radical (unpaired) electrons. The molecule has 7 heteroatoms. The van der Waals surface area contributed by atoms with Gasteiger partial charge in [-0.05, 0) is 25.7 Å². The Balaban J connectivity index is 1.66. The molecule has 0 aromatic carbocycles. The fourth-order valence-electron chi connectivity index (χ4n) is 2.90. The molecule has 2 atom stereocenters. The van der Waals surface area contributed by atoms with Crippen molar-refractivity contribution < 1.29 is 24.2 Å². The second-order valence-electron chi connectivity index (χ2n) is 5.86. The molecule has 0 bridgehead atoms. The van der Waals surface area contributed by atoms with Gasteiger partial charge in [-0.3, -0.25) is 9.59 Å². The molecule has 2 rings (SSSR count). The van der Waals surface area contributed by atoms with Crippen LogP contribution in [-0.4, -0.2) is 59.6 Å². The minimum absolute atomic E-state index is 0.0675. The average Bonchev–Trinajstić information content (AvgIpc) is 2.83. The standard InChI is InChI=1S/C15H24N2O5/c18-13(17-9-3-1-2-4-10-17)7-8-16-14(19)11-5-6-12(22-11)15(20)21/h11-12H,1-10H2,(H,16,19)(H,20,21)/t11-,12+/m0/s1. The number of aliphatic carboxylic acids is 1. The predicted octanol–water partition coefficient (Wildman–Crippen LogP) is 0.528. The van der Waals surface area contributed by atoms with E-state index in [0.717, 1.165) is 25.9 Å². The molecule has 2 fully saturated rings. The zero-order valence-corrected chi connectivity index (χ0v) is 12.8. The van der Waals surface area contributed by atoms with E-state index in [0.29, 0.717) is 12.8 Å². The summed E-state index contributed by atoms with van der Waals surface area (Å²) in [5.74, 6) is -1.29. The molecule has 0 aromatic heterocycles. The van der Waals surface area contributed by atoms with Gasteiger partial charge in [0.2, 0.25) is 11.8 Å². The summed E-state index contributed by atoms with van der Waals surface area (Å²) in [4.78, 5) is 36.6. The number of carboxylic acid groups (broad SMARTS) is 1. The number of nitrogens with one attached hydrogen (secondary N) is 1. The van der Waals surface area contributed by atoms with Crippen LogP contribution in [0.1, 0.15) is 44.9 Å². The third-order valence-corrected chi connectivity index (χ3v) is 4.18. The third-order valence-electron chi connectivity index (χ3n) is 4.18. The van der Waals surface area contributed by atoms with Crippen molar-refractivity contribution in [2.45, 2.75) is 57.2 Å². The van der Waals surface area contributed by atoms with Crippen molar-refractivity contribution in [3.8, 4) is 0 Å². The number of ether oxygens (including phenoxy) is 1. The Morgan fingerprint density at radius 3 is 2.27 bits per heavy atom. The molecule has 7 nitrogen and oxygen atoms in total. The Kier molecular flexibility index (Phi) is 6.18. The van der Waals surface area contributed by atoms with E-state index in [9.17, 15) is 14.4 Å². The van der Waals surface area contributed by atoms with E-state index in [4.69, 9.17) is 9.84 Å². The monoisotopic (exact) mass is 312 g/mol. The number of nitrogens with zero attached hydrogens (tertiary/aromatic N) is 1. The summed E-state index contributed by atoms with van der Waals surface area (Å²) in [5, 5.41) is 11.5. The molecule has 0 saturated carbocycles. The quantitative estimate of drug-likeness (QED) is 0.772. The lowest BCUT2D eigenvalue weighted by atomic mass is 10.2. The third kappa shape index (κ3) is 4.69. The molecule has 22 heavy (non-hydrogen) atoms. The summed E-state index contributed by atoms with van der Waals surface area (Å²) in [6.45, 7) is 1.88. The lowest BCUT2D eigenvalue weighted by Gasteiger charge is -2.20. The van der Waals surface area contributed by atoms with Crippen LogP contribution in [0.3, 0.4) is 0 Å². The first-order valence-corrected chi connectivity index (χ1v) is 8.01. The van der Waals surface area contributed by atoms with E-state index >= 15 is 0 Å². The van der Waals surface area contributed by atoms with Crippen LogP contribution in [0.15, 0.2) is 0 Å². The van der Waals surface area contributed by atoms with E-state index in [-0.39, 0.29) is 24.8 Å². The number of rotatable bonds is 5. The molecule has 0 aromatic rings. The molecule has 0 spiro atoms. The van der Waals surface area contributed by atoms with E-state index in [1.165, 1.54) is 12.8 Å². The van der Waals surface area contributed by atoms with Gasteiger partial charge in [-0.1, -0.05) is 12.8 Å². The number of carbonyl (C=O) groups is 3. The largest absolute Gasteiger partial charge is 0.479 e. The van der Waals surface area contributed by atoms with Crippen LogP contribution in [0.2, 0.25) is 0 Å². The van der Waals surface area contributed by atoms with E-state index in [2.05, 4.69) is 5.32 Å². The van der Waals surface area contributed by atoms with E-state index in [1.807, 2.05) is 4.90 Å². The van der Waals surface area contributed by atoms with Gasteiger partial charge in [0.25, 0.3) is 0 Å². The van der Waals surface area contributed by atoms with Gasteiger partial charge in [-0.2, -0.15) is 0 Å². The number of carbonyl (C=O) groups excluding carboxylic acids is 2. The molecule has 0 unspecified atom stereocenters. The molecule has 0 aliphatic carbocycles. The molecule has 2 aliphatic heterocycles. The van der Waals surface area contributed by atoms with Gasteiger partial charge >= 0.3 is 5.97 Å². The molecule has 2 N–H and O–H groups in total. The highest BCUT2D eigenvalue weighted by atomic mass is 16.5. The van der Waals surface area contributed by atoms with Crippen LogP contribution in [-0.2, 0) is 19.1 Å². The van der Waals surface area contributed by atoms with Gasteiger partial charge in [0.1, 0.15) is 6.10 Å². The second kappa shape index (κ2) is 8.12. The topological polar surface area (TPSA) is 95.9 Å². The maximum absolute atomic E-state index is 12.1. The molecule has 2 aliphatic rings. The highest BCUT2D eigenvalue weighted by Gasteiger charge is 2.34. The zero-order chi connectivity index (χ0) is 15.9. The lowest BCUT2D eigenvalue weighted by Crippen LogP contribution is -2.39. The number of carboxylic acids is 1. The van der Waals surface area contributed by atoms with Crippen LogP contribution in [0, 0.1) is 0 Å². The number of amides is 2. The molecule has 124 valence electrons. The van der Waals surface area contributed by atoms with Gasteiger partial charge in [-0.15, -0.1) is 0 Å². The minimum Gasteiger partial charge on any atom is -0.479 e. The normalized spacial score (nSPS) is 25.5. The van der Waals surface area contributed by atoms with Gasteiger partial charge in [0, 0.05) is 26.1 Å². The van der Waals surface area contributed by atoms with Crippen molar-refractivity contribution >= 4 is 17.8 Å². The van der Waals surface area contributed by atoms with Crippen LogP contribution >= 0.6 is 0 Å². The SMILES string of the molecule is O=C(NCCC(=O)N1CCCCCC1)[C@@H]1CC[C@H](C(=O)O)O1. The highest BCUT2D eigenvalue weighted by Crippen LogP contribution is 2.19. The Hall–Kier alpha value is -1.63. The van der Waals surface area contributed by atoms with Gasteiger partial charge in [0.15, 0.2) is 6.10 Å². The lowest BCUT2D eigenvalue weighted by molar-refractivity contribution is -0.151. The first-order chi connectivity index (χ1) is 10.6. The summed E-state index contributed by atoms with van der Waals surface area (Å²) in [5.41, 5.74) is 0. The van der Waals surface area contributed by atoms with Crippen molar-refractivity contribution in [1.82, 2.24) is 10.2 Å². The Bertz CT molecular complexity index is 418. The molecule has 2 saturated heterocycles. The summed E-state index contributed by atoms with van der Waals surface area (Å²) < 4.78 is 5.17. The van der Waals surface area contributed by atoms with Crippen molar-refractivity contribution in [1.29, 1.82) is 0 Å². The summed E-state index contributed by atoms with van der Waals surface area (Å²) >= 11 is 0. The van der Waals surface area contributed by atoms with Gasteiger partial charge in [-0.25, -0.2) is 4.79 Å². The Morgan fingerprint density at radius 1 is 1.05 bits per heavy atom. The maximum atomic E-state index is 12.1. The minimum atomic E-state index is -1.04. The summed E-state index contributed by atoms with van der Waals surface area (Å²) in [6, 6.07) is 0. The van der Waals surface area contributed by atoms with Crippen molar-refractivity contribution in [2.24, 2.45) is 0 Å². The van der Waals surface area contributed by atoms with E-state index in [1.54, 1.807) is 0 Å². The first-order valence-electron chi connectivity index (χ1n) is 8.01. The molecular weight excluding hydrogens is 288 g/mol. The number of hydrogen-bond donors (Lipinski definition) is 2. The number of likely N-dealkylation sites (tertiary alicyclic amines) is 1. The Morgan fingerprint density at radius 2 is 1.68 bits per heavy atom. The molecule has 2 heterocycles. The van der Waals surface area contributed by atoms with Crippen molar-refractivity contribution in [2.75, 3.05) is 19.6 Å². The molecular formula is C15H24N2O5. The highest BCUT2D eigenvalue weighted by molar-refractivity contribution is 5.83. The molecule has 2 amide bonds. The van der Waals surface area contributed by atoms with Crippen molar-refractivity contribution in [3.05, 3.63) is 0 Å². The van der Waals surface area contributed by atoms with Crippen LogP contribution in [0.5, 0.6) is 0 Å². The maximum Gasteiger partial charge on any atom is 0.332 e. The van der Waals surface area contributed by atoms with Crippen LogP contribution < -0.4 is 5.32 Å².